The Labute approximate surface area is 97.1 Å². The van der Waals surface area contributed by atoms with Crippen molar-refractivity contribution in [3.05, 3.63) is 0 Å². The van der Waals surface area contributed by atoms with Gasteiger partial charge in [0.25, 0.3) is 0 Å². The Kier molecular flexibility index (Phi) is 2.65. The summed E-state index contributed by atoms with van der Waals surface area (Å²) in [5.74, 6) is 0.625. The first kappa shape index (κ1) is 11.7. The molecule has 1 heterocycles. The van der Waals surface area contributed by atoms with Crippen molar-refractivity contribution in [1.29, 1.82) is 0 Å². The van der Waals surface area contributed by atoms with Crippen molar-refractivity contribution in [1.82, 2.24) is 4.90 Å². The van der Waals surface area contributed by atoms with E-state index in [1.54, 1.807) is 0 Å². The van der Waals surface area contributed by atoms with Gasteiger partial charge in [0.1, 0.15) is 5.60 Å². The van der Waals surface area contributed by atoms with Gasteiger partial charge in [-0.25, -0.2) is 4.79 Å². The number of ether oxygens (including phenoxy) is 1. The zero-order valence-electron chi connectivity index (χ0n) is 10.5. The third kappa shape index (κ3) is 2.17. The normalized spacial score (nSPS) is 33.2. The van der Waals surface area contributed by atoms with Crippen molar-refractivity contribution in [3.8, 4) is 0 Å². The highest BCUT2D eigenvalue weighted by atomic mass is 16.6. The molecule has 92 valence electrons. The Hall–Kier alpha value is -0.770. The first-order valence-corrected chi connectivity index (χ1v) is 6.04. The second-order valence-electron chi connectivity index (χ2n) is 6.15. The summed E-state index contributed by atoms with van der Waals surface area (Å²) in [6.07, 6.45) is 2.10. The summed E-state index contributed by atoms with van der Waals surface area (Å²) in [6, 6.07) is 0. The number of hydrogen-bond acceptors (Lipinski definition) is 3. The fourth-order valence-electron chi connectivity index (χ4n) is 2.64. The van der Waals surface area contributed by atoms with Crippen LogP contribution in [0.2, 0.25) is 0 Å². The number of carbonyl (C=O) groups is 1. The van der Waals surface area contributed by atoms with Gasteiger partial charge in [0, 0.05) is 13.1 Å². The van der Waals surface area contributed by atoms with Gasteiger partial charge in [-0.2, -0.15) is 0 Å². The summed E-state index contributed by atoms with van der Waals surface area (Å²) in [6.45, 7) is 8.11. The van der Waals surface area contributed by atoms with E-state index in [-0.39, 0.29) is 6.09 Å². The van der Waals surface area contributed by atoms with Crippen molar-refractivity contribution in [3.63, 3.8) is 0 Å². The maximum Gasteiger partial charge on any atom is 0.410 e. The van der Waals surface area contributed by atoms with Crippen LogP contribution in [0, 0.1) is 11.3 Å². The number of nitrogens with two attached hydrogens (primary N) is 1. The van der Waals surface area contributed by atoms with Crippen LogP contribution >= 0.6 is 0 Å². The standard InChI is InChI=1S/C12H22N2O2/c1-11(2,3)16-10(15)14-5-4-12(8-14)6-9(12)7-13/h9H,4-8,13H2,1-3H3/t9-,12+/m0/s1. The summed E-state index contributed by atoms with van der Waals surface area (Å²) in [4.78, 5) is 13.7. The van der Waals surface area contributed by atoms with Crippen molar-refractivity contribution < 1.29 is 9.53 Å². The van der Waals surface area contributed by atoms with Gasteiger partial charge < -0.3 is 15.4 Å². The van der Waals surface area contributed by atoms with Gasteiger partial charge in [0.15, 0.2) is 0 Å². The van der Waals surface area contributed by atoms with Crippen molar-refractivity contribution in [2.45, 2.75) is 39.2 Å². The van der Waals surface area contributed by atoms with Crippen LogP contribution in [0.25, 0.3) is 0 Å². The van der Waals surface area contributed by atoms with Crippen molar-refractivity contribution in [2.75, 3.05) is 19.6 Å². The maximum absolute atomic E-state index is 11.8. The zero-order chi connectivity index (χ0) is 12.0. The molecule has 1 saturated carbocycles. The van der Waals surface area contributed by atoms with E-state index in [9.17, 15) is 4.79 Å². The zero-order valence-corrected chi connectivity index (χ0v) is 10.5. The van der Waals surface area contributed by atoms with Gasteiger partial charge in [0.2, 0.25) is 0 Å². The number of hydrogen-bond donors (Lipinski definition) is 1. The van der Waals surface area contributed by atoms with Crippen LogP contribution in [0.3, 0.4) is 0 Å². The molecule has 1 spiro atoms. The van der Waals surface area contributed by atoms with Crippen LogP contribution in [0.15, 0.2) is 0 Å². The number of likely N-dealkylation sites (tertiary alicyclic amines) is 1. The third-order valence-corrected chi connectivity index (χ3v) is 3.68. The van der Waals surface area contributed by atoms with E-state index in [1.165, 1.54) is 6.42 Å². The predicted molar refractivity (Wildman–Crippen MR) is 62.0 cm³/mol. The number of nitrogens with zero attached hydrogens (tertiary/aromatic N) is 1. The SMILES string of the molecule is CC(C)(C)OC(=O)N1CC[C@@]2(C[C@H]2CN)C1. The fraction of sp³-hybridized carbons (Fsp3) is 0.917. The quantitative estimate of drug-likeness (QED) is 0.738. The molecule has 0 unspecified atom stereocenters. The Morgan fingerprint density at radius 3 is 2.75 bits per heavy atom. The Morgan fingerprint density at radius 1 is 1.56 bits per heavy atom. The summed E-state index contributed by atoms with van der Waals surface area (Å²) in [5.41, 5.74) is 5.62. The minimum atomic E-state index is -0.399. The number of rotatable bonds is 1. The van der Waals surface area contributed by atoms with Gasteiger partial charge in [-0.3, -0.25) is 0 Å². The fourth-order valence-corrected chi connectivity index (χ4v) is 2.64. The Balaban J connectivity index is 1.88. The molecule has 1 aliphatic heterocycles. The number of carbonyl (C=O) groups excluding carboxylic acids is 1. The van der Waals surface area contributed by atoms with E-state index in [4.69, 9.17) is 10.5 Å². The lowest BCUT2D eigenvalue weighted by molar-refractivity contribution is 0.0284. The van der Waals surface area contributed by atoms with Crippen LogP contribution in [0.4, 0.5) is 4.79 Å². The minimum absolute atomic E-state index is 0.174. The van der Waals surface area contributed by atoms with Gasteiger partial charge in [0.05, 0.1) is 0 Å². The largest absolute Gasteiger partial charge is 0.444 e. The van der Waals surface area contributed by atoms with Crippen LogP contribution < -0.4 is 5.73 Å². The molecule has 2 rings (SSSR count). The molecule has 1 amide bonds. The highest BCUT2D eigenvalue weighted by Gasteiger charge is 2.57. The van der Waals surface area contributed by atoms with E-state index < -0.39 is 5.60 Å². The minimum Gasteiger partial charge on any atom is -0.444 e. The number of amides is 1. The molecule has 2 atom stereocenters. The van der Waals surface area contributed by atoms with E-state index in [1.807, 2.05) is 25.7 Å². The highest BCUT2D eigenvalue weighted by Crippen LogP contribution is 2.57. The molecule has 0 aromatic carbocycles. The predicted octanol–water partition coefficient (Wildman–Crippen LogP) is 1.59. The van der Waals surface area contributed by atoms with Gasteiger partial charge >= 0.3 is 6.09 Å². The first-order valence-electron chi connectivity index (χ1n) is 6.04. The molecule has 2 aliphatic rings. The molecule has 0 radical (unpaired) electrons. The van der Waals surface area contributed by atoms with E-state index >= 15 is 0 Å². The lowest BCUT2D eigenvalue weighted by atomic mass is 10.0. The highest BCUT2D eigenvalue weighted by molar-refractivity contribution is 5.68. The lowest BCUT2D eigenvalue weighted by Crippen LogP contribution is -2.35. The van der Waals surface area contributed by atoms with E-state index in [2.05, 4.69) is 0 Å². The molecular formula is C12H22N2O2. The Morgan fingerprint density at radius 2 is 2.25 bits per heavy atom. The smallest absolute Gasteiger partial charge is 0.410 e. The van der Waals surface area contributed by atoms with E-state index in [0.717, 1.165) is 26.1 Å². The lowest BCUT2D eigenvalue weighted by Gasteiger charge is -2.24. The summed E-state index contributed by atoms with van der Waals surface area (Å²) < 4.78 is 5.37. The van der Waals surface area contributed by atoms with Gasteiger partial charge in [-0.15, -0.1) is 0 Å². The molecule has 0 bridgehead atoms. The molecular weight excluding hydrogens is 204 g/mol. The van der Waals surface area contributed by atoms with Gasteiger partial charge in [-0.1, -0.05) is 0 Å². The maximum atomic E-state index is 11.8. The molecule has 2 N–H and O–H groups in total. The van der Waals surface area contributed by atoms with E-state index in [0.29, 0.717) is 11.3 Å². The monoisotopic (exact) mass is 226 g/mol. The van der Waals surface area contributed by atoms with Crippen LogP contribution in [0.5, 0.6) is 0 Å². The second-order valence-corrected chi connectivity index (χ2v) is 6.15. The molecule has 4 heteroatoms. The van der Waals surface area contributed by atoms with Crippen molar-refractivity contribution in [2.24, 2.45) is 17.1 Å². The van der Waals surface area contributed by atoms with Gasteiger partial charge in [-0.05, 0) is 51.5 Å². The Bertz CT molecular complexity index is 298. The summed E-state index contributed by atoms with van der Waals surface area (Å²) in [5, 5.41) is 0. The molecule has 1 aliphatic carbocycles. The second kappa shape index (κ2) is 3.62. The molecule has 0 aromatic rings. The molecule has 1 saturated heterocycles. The molecule has 2 fully saturated rings. The topological polar surface area (TPSA) is 55.6 Å². The molecule has 0 aromatic heterocycles. The molecule has 16 heavy (non-hydrogen) atoms. The van der Waals surface area contributed by atoms with Crippen molar-refractivity contribution >= 4 is 6.09 Å². The van der Waals surface area contributed by atoms with Crippen LogP contribution in [-0.4, -0.2) is 36.2 Å². The third-order valence-electron chi connectivity index (χ3n) is 3.68. The van der Waals surface area contributed by atoms with Crippen LogP contribution in [0.1, 0.15) is 33.6 Å². The summed E-state index contributed by atoms with van der Waals surface area (Å²) >= 11 is 0. The molecule has 4 nitrogen and oxygen atoms in total. The average Bonchev–Trinajstić information content (AvgIpc) is 2.62. The average molecular weight is 226 g/mol. The summed E-state index contributed by atoms with van der Waals surface area (Å²) in [7, 11) is 0. The first-order chi connectivity index (χ1) is 7.36. The van der Waals surface area contributed by atoms with Crippen LogP contribution in [-0.2, 0) is 4.74 Å².